The summed E-state index contributed by atoms with van der Waals surface area (Å²) in [5.41, 5.74) is 4.03. The van der Waals surface area contributed by atoms with Crippen LogP contribution in [0.5, 0.6) is 0 Å². The van der Waals surface area contributed by atoms with Gasteiger partial charge in [0.1, 0.15) is 0 Å². The van der Waals surface area contributed by atoms with Gasteiger partial charge in [0.05, 0.1) is 0 Å². The number of carbonyl (C=O) groups is 1. The first-order valence-corrected chi connectivity index (χ1v) is 2.24. The molecule has 0 radical (unpaired) electrons. The van der Waals surface area contributed by atoms with Crippen LogP contribution in [0.4, 0.5) is 4.79 Å². The van der Waals surface area contributed by atoms with Crippen LogP contribution in [0.25, 0.3) is 0 Å². The first-order valence-electron chi connectivity index (χ1n) is 2.24. The topological polar surface area (TPSA) is 63.3 Å². The van der Waals surface area contributed by atoms with Gasteiger partial charge < -0.3 is 10.8 Å². The van der Waals surface area contributed by atoms with Crippen LogP contribution < -0.4 is 5.73 Å². The summed E-state index contributed by atoms with van der Waals surface area (Å²) < 4.78 is 0. The van der Waals surface area contributed by atoms with E-state index in [0.29, 0.717) is 0 Å². The highest BCUT2D eigenvalue weighted by Gasteiger charge is 1.65. The van der Waals surface area contributed by atoms with Crippen LogP contribution in [0, 0.1) is 0 Å². The standard InChI is InChI=1S/C4H8.CH3NO2/c1-3-4-2;2-1(3)4/h3H,1,4H2,2H3;2H2,(H,3,4). The number of nitrogens with two attached hydrogens (primary N) is 1. The molecule has 0 aliphatic carbocycles. The van der Waals surface area contributed by atoms with Crippen molar-refractivity contribution in [3.63, 3.8) is 0 Å². The van der Waals surface area contributed by atoms with E-state index in [2.05, 4.69) is 19.2 Å². The average molecular weight is 117 g/mol. The van der Waals surface area contributed by atoms with Gasteiger partial charge in [-0.1, -0.05) is 13.0 Å². The number of primary amides is 1. The van der Waals surface area contributed by atoms with Gasteiger partial charge in [0.25, 0.3) is 0 Å². The minimum atomic E-state index is -1.33. The van der Waals surface area contributed by atoms with E-state index in [9.17, 15) is 0 Å². The van der Waals surface area contributed by atoms with Crippen molar-refractivity contribution in [1.29, 1.82) is 0 Å². The summed E-state index contributed by atoms with van der Waals surface area (Å²) in [5.74, 6) is 0. The van der Waals surface area contributed by atoms with Gasteiger partial charge in [-0.3, -0.25) is 0 Å². The monoisotopic (exact) mass is 117 g/mol. The van der Waals surface area contributed by atoms with Crippen LogP contribution in [-0.4, -0.2) is 11.2 Å². The summed E-state index contributed by atoms with van der Waals surface area (Å²) in [6.45, 7) is 5.54. The van der Waals surface area contributed by atoms with Gasteiger partial charge in [-0.2, -0.15) is 0 Å². The van der Waals surface area contributed by atoms with Crippen molar-refractivity contribution in [2.75, 3.05) is 0 Å². The Labute approximate surface area is 48.8 Å². The Morgan fingerprint density at radius 2 is 2.12 bits per heavy atom. The van der Waals surface area contributed by atoms with E-state index in [0.717, 1.165) is 6.42 Å². The van der Waals surface area contributed by atoms with Crippen LogP contribution in [-0.2, 0) is 0 Å². The van der Waals surface area contributed by atoms with Gasteiger partial charge in [0.2, 0.25) is 0 Å². The fraction of sp³-hybridized carbons (Fsp3) is 0.400. The summed E-state index contributed by atoms with van der Waals surface area (Å²) in [4.78, 5) is 8.78. The Balaban J connectivity index is 0. The molecule has 0 atom stereocenters. The average Bonchev–Trinajstić information content (AvgIpc) is 1.65. The lowest BCUT2D eigenvalue weighted by atomic mass is 10.5. The number of carboxylic acid groups (broad SMARTS) is 1. The van der Waals surface area contributed by atoms with Gasteiger partial charge in [-0.15, -0.1) is 6.58 Å². The summed E-state index contributed by atoms with van der Waals surface area (Å²) >= 11 is 0. The molecule has 0 aromatic heterocycles. The third kappa shape index (κ3) is 806000. The molecule has 0 saturated carbocycles. The Bertz CT molecular complexity index is 66.8. The fourth-order valence-electron chi connectivity index (χ4n) is 0. The van der Waals surface area contributed by atoms with Gasteiger partial charge in [-0.05, 0) is 6.42 Å². The molecule has 0 aliphatic rings. The Kier molecular flexibility index (Phi) is 11.8. The van der Waals surface area contributed by atoms with Crippen LogP contribution in [0.1, 0.15) is 13.3 Å². The molecule has 0 aromatic rings. The highest BCUT2D eigenvalue weighted by atomic mass is 16.4. The minimum absolute atomic E-state index is 1.08. The second-order valence-corrected chi connectivity index (χ2v) is 1.04. The largest absolute Gasteiger partial charge is 0.465 e. The van der Waals surface area contributed by atoms with E-state index in [1.165, 1.54) is 0 Å². The molecular weight excluding hydrogens is 106 g/mol. The van der Waals surface area contributed by atoms with Crippen molar-refractivity contribution in [3.05, 3.63) is 12.7 Å². The number of hydrogen-bond acceptors (Lipinski definition) is 1. The van der Waals surface area contributed by atoms with Crippen LogP contribution >= 0.6 is 0 Å². The molecule has 0 rings (SSSR count). The molecule has 0 spiro atoms. The highest BCUT2D eigenvalue weighted by Crippen LogP contribution is 1.66. The maximum absolute atomic E-state index is 8.78. The molecule has 3 N–H and O–H groups in total. The Hall–Kier alpha value is -0.990. The van der Waals surface area contributed by atoms with E-state index >= 15 is 0 Å². The van der Waals surface area contributed by atoms with Crippen LogP contribution in [0.15, 0.2) is 12.7 Å². The first kappa shape index (κ1) is 10.1. The van der Waals surface area contributed by atoms with E-state index in [1.807, 2.05) is 6.08 Å². The molecule has 0 saturated heterocycles. The van der Waals surface area contributed by atoms with E-state index in [1.54, 1.807) is 0 Å². The summed E-state index contributed by atoms with van der Waals surface area (Å²) in [5, 5.41) is 7.19. The lowest BCUT2D eigenvalue weighted by molar-refractivity contribution is 0.205. The predicted octanol–water partition coefficient (Wildman–Crippen LogP) is 1.21. The molecule has 1 amide bonds. The van der Waals surface area contributed by atoms with Crippen LogP contribution in [0.2, 0.25) is 0 Å². The lowest BCUT2D eigenvalue weighted by Crippen LogP contribution is -2.03. The molecule has 0 aliphatic heterocycles. The molecule has 0 unspecified atom stereocenters. The fourth-order valence-corrected chi connectivity index (χ4v) is 0. The van der Waals surface area contributed by atoms with Gasteiger partial charge >= 0.3 is 6.09 Å². The normalized spacial score (nSPS) is 6.12. The third-order valence-electron chi connectivity index (χ3n) is 0.289. The number of rotatable bonds is 1. The molecule has 0 bridgehead atoms. The zero-order chi connectivity index (χ0) is 6.99. The van der Waals surface area contributed by atoms with Gasteiger partial charge in [0, 0.05) is 0 Å². The number of amides is 1. The predicted molar refractivity (Wildman–Crippen MR) is 32.7 cm³/mol. The van der Waals surface area contributed by atoms with Crippen molar-refractivity contribution in [2.45, 2.75) is 13.3 Å². The minimum Gasteiger partial charge on any atom is -0.465 e. The lowest BCUT2D eigenvalue weighted by Gasteiger charge is -1.61. The van der Waals surface area contributed by atoms with Crippen LogP contribution in [0.3, 0.4) is 0 Å². The summed E-state index contributed by atoms with van der Waals surface area (Å²) in [6.07, 6.45) is 1.63. The van der Waals surface area contributed by atoms with E-state index in [4.69, 9.17) is 9.90 Å². The molecule has 8 heavy (non-hydrogen) atoms. The maximum Gasteiger partial charge on any atom is 0.402 e. The molecular formula is C5H11NO2. The second-order valence-electron chi connectivity index (χ2n) is 1.04. The third-order valence-corrected chi connectivity index (χ3v) is 0.289. The highest BCUT2D eigenvalue weighted by molar-refractivity contribution is 5.61. The molecule has 0 fully saturated rings. The second kappa shape index (κ2) is 9.38. The van der Waals surface area contributed by atoms with E-state index < -0.39 is 6.09 Å². The van der Waals surface area contributed by atoms with Gasteiger partial charge in [0.15, 0.2) is 0 Å². The van der Waals surface area contributed by atoms with Crippen molar-refractivity contribution in [2.24, 2.45) is 5.73 Å². The molecule has 3 nitrogen and oxygen atoms in total. The molecule has 3 heteroatoms. The van der Waals surface area contributed by atoms with Gasteiger partial charge in [-0.25, -0.2) is 4.79 Å². The first-order chi connectivity index (χ1) is 3.65. The molecule has 48 valence electrons. The zero-order valence-corrected chi connectivity index (χ0v) is 4.92. The number of allylic oxidation sites excluding steroid dienone is 1. The Morgan fingerprint density at radius 1 is 2.00 bits per heavy atom. The zero-order valence-electron chi connectivity index (χ0n) is 4.92. The summed E-state index contributed by atoms with van der Waals surface area (Å²) in [6, 6.07) is 0. The quantitative estimate of drug-likeness (QED) is 0.507. The summed E-state index contributed by atoms with van der Waals surface area (Å²) in [7, 11) is 0. The molecule has 0 aromatic carbocycles. The number of hydrogen-bond donors (Lipinski definition) is 2. The maximum atomic E-state index is 8.78. The Morgan fingerprint density at radius 3 is 2.12 bits per heavy atom. The SMILES string of the molecule is C=CCC.NC(=O)O. The van der Waals surface area contributed by atoms with Crippen molar-refractivity contribution >= 4 is 6.09 Å². The van der Waals surface area contributed by atoms with Crippen molar-refractivity contribution in [3.8, 4) is 0 Å². The van der Waals surface area contributed by atoms with Crippen molar-refractivity contribution in [1.82, 2.24) is 0 Å². The van der Waals surface area contributed by atoms with Crippen molar-refractivity contribution < 1.29 is 9.90 Å². The van der Waals surface area contributed by atoms with E-state index in [-0.39, 0.29) is 0 Å². The molecule has 0 heterocycles. The smallest absolute Gasteiger partial charge is 0.402 e.